The molecule has 1 aliphatic rings. The third-order valence-electron chi connectivity index (χ3n) is 9.63. The van der Waals surface area contributed by atoms with Crippen molar-refractivity contribution in [1.29, 1.82) is 0 Å². The number of furan rings is 1. The Labute approximate surface area is 262 Å². The summed E-state index contributed by atoms with van der Waals surface area (Å²) in [5, 5.41) is 4.67. The Bertz CT molecular complexity index is 2360. The van der Waals surface area contributed by atoms with Gasteiger partial charge >= 0.3 is 0 Å². The van der Waals surface area contributed by atoms with Crippen molar-refractivity contribution in [2.45, 2.75) is 19.3 Å². The Hall–Kier alpha value is -5.60. The molecule has 0 unspecified atom stereocenters. The molecule has 0 aliphatic heterocycles. The topological polar surface area (TPSA) is 16.4 Å². The third kappa shape index (κ3) is 3.89. The van der Waals surface area contributed by atoms with Gasteiger partial charge in [0, 0.05) is 44.9 Å². The molecule has 0 bridgehead atoms. The first-order valence-corrected chi connectivity index (χ1v) is 15.6. The monoisotopic (exact) mass is 577 g/mol. The van der Waals surface area contributed by atoms with Crippen LogP contribution in [0.3, 0.4) is 0 Å². The van der Waals surface area contributed by atoms with Gasteiger partial charge in [0.1, 0.15) is 11.2 Å². The first-order chi connectivity index (χ1) is 22.1. The number of nitrogens with zero attached hydrogens (tertiary/aromatic N) is 1. The van der Waals surface area contributed by atoms with Crippen LogP contribution in [0.1, 0.15) is 25.0 Å². The molecule has 1 aromatic heterocycles. The summed E-state index contributed by atoms with van der Waals surface area (Å²) in [6.45, 7) is 4.68. The summed E-state index contributed by atoms with van der Waals surface area (Å²) in [6.07, 6.45) is 0. The molecule has 0 saturated carbocycles. The highest BCUT2D eigenvalue weighted by Gasteiger charge is 2.35. The van der Waals surface area contributed by atoms with E-state index >= 15 is 0 Å². The standard InChI is InChI=1S/C43H31NO/c1-43(2)38-20-12-11-19-34(38)35-23-21-29(26-39(35)43)41-33-18-10-9-13-28(33)25-37-36-24-22-32(27-40(36)45-42(37)41)44(30-14-5-3-6-15-30)31-16-7-4-8-17-31/h3-27H,1-2H3. The van der Waals surface area contributed by atoms with E-state index in [0.29, 0.717) is 0 Å². The van der Waals surface area contributed by atoms with Crippen molar-refractivity contribution in [3.63, 3.8) is 0 Å². The first-order valence-electron chi connectivity index (χ1n) is 15.6. The zero-order valence-corrected chi connectivity index (χ0v) is 25.3. The molecule has 1 aliphatic carbocycles. The van der Waals surface area contributed by atoms with Crippen LogP contribution in [0.5, 0.6) is 0 Å². The Morgan fingerprint density at radius 3 is 1.93 bits per heavy atom. The molecule has 1 heterocycles. The fraction of sp³-hybridized carbons (Fsp3) is 0.0698. The van der Waals surface area contributed by atoms with Crippen molar-refractivity contribution in [2.75, 3.05) is 4.90 Å². The van der Waals surface area contributed by atoms with Gasteiger partial charge in [0.05, 0.1) is 0 Å². The van der Waals surface area contributed by atoms with E-state index in [1.807, 2.05) is 0 Å². The van der Waals surface area contributed by atoms with E-state index in [0.717, 1.165) is 44.6 Å². The molecule has 9 rings (SSSR count). The van der Waals surface area contributed by atoms with Crippen LogP contribution in [0, 0.1) is 0 Å². The van der Waals surface area contributed by atoms with Crippen molar-refractivity contribution in [3.05, 3.63) is 163 Å². The number of anilines is 3. The summed E-state index contributed by atoms with van der Waals surface area (Å²) >= 11 is 0. The minimum absolute atomic E-state index is 0.0766. The summed E-state index contributed by atoms with van der Waals surface area (Å²) < 4.78 is 6.92. The molecule has 45 heavy (non-hydrogen) atoms. The number of rotatable bonds is 4. The second-order valence-corrected chi connectivity index (χ2v) is 12.6. The molecule has 0 radical (unpaired) electrons. The Morgan fingerprint density at radius 1 is 0.489 bits per heavy atom. The van der Waals surface area contributed by atoms with Crippen molar-refractivity contribution in [1.82, 2.24) is 0 Å². The average Bonchev–Trinajstić information content (AvgIpc) is 3.55. The van der Waals surface area contributed by atoms with Gasteiger partial charge in [-0.3, -0.25) is 0 Å². The molecule has 0 saturated heterocycles. The van der Waals surface area contributed by atoms with E-state index in [9.17, 15) is 0 Å². The molecular formula is C43H31NO. The molecule has 8 aromatic rings. The summed E-state index contributed by atoms with van der Waals surface area (Å²) in [6, 6.07) is 54.4. The van der Waals surface area contributed by atoms with Crippen LogP contribution in [0.4, 0.5) is 17.1 Å². The van der Waals surface area contributed by atoms with Gasteiger partial charge in [-0.2, -0.15) is 0 Å². The second kappa shape index (κ2) is 9.70. The molecule has 214 valence electrons. The first kappa shape index (κ1) is 25.9. The highest BCUT2D eigenvalue weighted by molar-refractivity contribution is 6.18. The fourth-order valence-electron chi connectivity index (χ4n) is 7.45. The lowest BCUT2D eigenvalue weighted by Gasteiger charge is -2.25. The number of para-hydroxylation sites is 2. The zero-order chi connectivity index (χ0) is 30.1. The van der Waals surface area contributed by atoms with Crippen molar-refractivity contribution in [2.24, 2.45) is 0 Å². The molecule has 2 nitrogen and oxygen atoms in total. The van der Waals surface area contributed by atoms with Crippen LogP contribution in [-0.2, 0) is 5.41 Å². The van der Waals surface area contributed by atoms with E-state index in [1.165, 1.54) is 38.6 Å². The maximum atomic E-state index is 6.92. The number of benzene rings is 7. The number of hydrogen-bond donors (Lipinski definition) is 0. The summed E-state index contributed by atoms with van der Waals surface area (Å²) in [5.41, 5.74) is 12.7. The molecule has 2 heteroatoms. The SMILES string of the molecule is CC1(C)c2ccccc2-c2ccc(-c3c4ccccc4cc4c3oc3cc(N(c5ccccc5)c5ccccc5)ccc34)cc21. The van der Waals surface area contributed by atoms with Crippen LogP contribution < -0.4 is 4.90 Å². The van der Waals surface area contributed by atoms with E-state index in [4.69, 9.17) is 4.42 Å². The predicted octanol–water partition coefficient (Wildman–Crippen LogP) is 12.2. The number of fused-ring (bicyclic) bond motifs is 7. The minimum Gasteiger partial charge on any atom is -0.455 e. The zero-order valence-electron chi connectivity index (χ0n) is 25.3. The summed E-state index contributed by atoms with van der Waals surface area (Å²) in [5.74, 6) is 0. The van der Waals surface area contributed by atoms with Gasteiger partial charge in [0.25, 0.3) is 0 Å². The highest BCUT2D eigenvalue weighted by Crippen LogP contribution is 2.51. The third-order valence-corrected chi connectivity index (χ3v) is 9.63. The normalized spacial score (nSPS) is 13.3. The average molecular weight is 578 g/mol. The molecule has 0 fully saturated rings. The van der Waals surface area contributed by atoms with Crippen LogP contribution >= 0.6 is 0 Å². The van der Waals surface area contributed by atoms with E-state index in [1.54, 1.807) is 0 Å². The lowest BCUT2D eigenvalue weighted by molar-refractivity contribution is 0.660. The lowest BCUT2D eigenvalue weighted by atomic mass is 9.81. The Kier molecular flexibility index (Phi) is 5.58. The maximum Gasteiger partial charge on any atom is 0.143 e. The van der Waals surface area contributed by atoms with E-state index in [-0.39, 0.29) is 5.41 Å². The lowest BCUT2D eigenvalue weighted by Crippen LogP contribution is -2.14. The Morgan fingerprint density at radius 2 is 1.16 bits per heavy atom. The van der Waals surface area contributed by atoms with Gasteiger partial charge in [-0.25, -0.2) is 0 Å². The maximum absolute atomic E-state index is 6.92. The van der Waals surface area contributed by atoms with Crippen LogP contribution in [0.25, 0.3) is 55.0 Å². The predicted molar refractivity (Wildman–Crippen MR) is 189 cm³/mol. The minimum atomic E-state index is -0.0766. The summed E-state index contributed by atoms with van der Waals surface area (Å²) in [7, 11) is 0. The number of hydrogen-bond acceptors (Lipinski definition) is 2. The molecule has 7 aromatic carbocycles. The van der Waals surface area contributed by atoms with Crippen molar-refractivity contribution in [3.8, 4) is 22.3 Å². The smallest absolute Gasteiger partial charge is 0.143 e. The largest absolute Gasteiger partial charge is 0.455 e. The molecule has 0 amide bonds. The highest BCUT2D eigenvalue weighted by atomic mass is 16.3. The van der Waals surface area contributed by atoms with E-state index in [2.05, 4.69) is 170 Å². The quantitative estimate of drug-likeness (QED) is 0.207. The molecule has 0 spiro atoms. The van der Waals surface area contributed by atoms with Gasteiger partial charge in [0.2, 0.25) is 0 Å². The van der Waals surface area contributed by atoms with Crippen LogP contribution in [0.15, 0.2) is 156 Å². The molecule has 0 atom stereocenters. The fourth-order valence-corrected chi connectivity index (χ4v) is 7.45. The van der Waals surface area contributed by atoms with Crippen LogP contribution in [-0.4, -0.2) is 0 Å². The Balaban J connectivity index is 1.28. The molecule has 0 N–H and O–H groups in total. The van der Waals surface area contributed by atoms with Gasteiger partial charge in [0.15, 0.2) is 0 Å². The van der Waals surface area contributed by atoms with Gasteiger partial charge < -0.3 is 9.32 Å². The van der Waals surface area contributed by atoms with Gasteiger partial charge in [-0.05, 0) is 87.1 Å². The van der Waals surface area contributed by atoms with Crippen molar-refractivity contribution < 1.29 is 4.42 Å². The van der Waals surface area contributed by atoms with Crippen LogP contribution in [0.2, 0.25) is 0 Å². The molecular weight excluding hydrogens is 546 g/mol. The van der Waals surface area contributed by atoms with Gasteiger partial charge in [-0.15, -0.1) is 0 Å². The van der Waals surface area contributed by atoms with Gasteiger partial charge in [-0.1, -0.05) is 111 Å². The summed E-state index contributed by atoms with van der Waals surface area (Å²) in [4.78, 5) is 2.28. The van der Waals surface area contributed by atoms with Crippen molar-refractivity contribution >= 4 is 49.8 Å². The second-order valence-electron chi connectivity index (χ2n) is 12.6. The van der Waals surface area contributed by atoms with E-state index < -0.39 is 0 Å².